The van der Waals surface area contributed by atoms with Gasteiger partial charge in [0.05, 0.1) is 5.41 Å². The van der Waals surface area contributed by atoms with E-state index in [1.807, 2.05) is 26.0 Å². The van der Waals surface area contributed by atoms with Crippen molar-refractivity contribution in [1.82, 2.24) is 10.6 Å². The van der Waals surface area contributed by atoms with Gasteiger partial charge in [0.15, 0.2) is 0 Å². The lowest BCUT2D eigenvalue weighted by molar-refractivity contribution is -0.125. The highest BCUT2D eigenvalue weighted by molar-refractivity contribution is 5.87. The molecule has 1 saturated heterocycles. The SMILES string of the molecule is Cc1ccccc1C(C)(C)C(=O)NCCC1CCNC1.Cl. The van der Waals surface area contributed by atoms with Crippen molar-refractivity contribution in [2.75, 3.05) is 19.6 Å². The molecule has 0 bridgehead atoms. The third-order valence-electron chi connectivity index (χ3n) is 4.39. The van der Waals surface area contributed by atoms with Crippen LogP contribution in [0.4, 0.5) is 0 Å². The van der Waals surface area contributed by atoms with Gasteiger partial charge in [-0.1, -0.05) is 24.3 Å². The molecule has 1 aromatic carbocycles. The molecule has 0 spiro atoms. The summed E-state index contributed by atoms with van der Waals surface area (Å²) < 4.78 is 0. The van der Waals surface area contributed by atoms with Crippen molar-refractivity contribution in [3.05, 3.63) is 35.4 Å². The molecule has 2 N–H and O–H groups in total. The fourth-order valence-corrected chi connectivity index (χ4v) is 2.97. The topological polar surface area (TPSA) is 41.1 Å². The van der Waals surface area contributed by atoms with E-state index in [1.165, 1.54) is 12.0 Å². The number of benzene rings is 1. The van der Waals surface area contributed by atoms with Gasteiger partial charge in [-0.3, -0.25) is 4.79 Å². The van der Waals surface area contributed by atoms with Gasteiger partial charge in [0.2, 0.25) is 5.91 Å². The van der Waals surface area contributed by atoms with Crippen LogP contribution in [0.1, 0.15) is 37.8 Å². The van der Waals surface area contributed by atoms with Crippen LogP contribution in [0.2, 0.25) is 0 Å². The van der Waals surface area contributed by atoms with Gasteiger partial charge in [-0.15, -0.1) is 12.4 Å². The minimum Gasteiger partial charge on any atom is -0.355 e. The molecule has 1 aromatic rings. The van der Waals surface area contributed by atoms with Gasteiger partial charge >= 0.3 is 0 Å². The summed E-state index contributed by atoms with van der Waals surface area (Å²) in [5.41, 5.74) is 1.81. The van der Waals surface area contributed by atoms with Crippen LogP contribution in [0.25, 0.3) is 0 Å². The molecule has 1 heterocycles. The third kappa shape index (κ3) is 4.45. The van der Waals surface area contributed by atoms with E-state index in [-0.39, 0.29) is 18.3 Å². The van der Waals surface area contributed by atoms with Gasteiger partial charge in [0, 0.05) is 6.54 Å². The van der Waals surface area contributed by atoms with E-state index in [0.717, 1.165) is 37.5 Å². The number of nitrogens with one attached hydrogen (secondary N) is 2. The number of hydrogen-bond donors (Lipinski definition) is 2. The van der Waals surface area contributed by atoms with Crippen molar-refractivity contribution in [3.8, 4) is 0 Å². The fourth-order valence-electron chi connectivity index (χ4n) is 2.97. The lowest BCUT2D eigenvalue weighted by Gasteiger charge is -2.26. The second kappa shape index (κ2) is 7.81. The molecule has 1 aliphatic rings. The Balaban J connectivity index is 0.00000220. The van der Waals surface area contributed by atoms with E-state index in [9.17, 15) is 4.79 Å². The fraction of sp³-hybridized carbons (Fsp3) is 0.588. The van der Waals surface area contributed by atoms with E-state index in [0.29, 0.717) is 0 Å². The molecule has 0 saturated carbocycles. The minimum absolute atomic E-state index is 0. The van der Waals surface area contributed by atoms with Crippen LogP contribution in [-0.2, 0) is 10.2 Å². The number of carbonyl (C=O) groups excluding carboxylic acids is 1. The summed E-state index contributed by atoms with van der Waals surface area (Å²) in [5, 5.41) is 6.47. The number of rotatable bonds is 5. The summed E-state index contributed by atoms with van der Waals surface area (Å²) in [7, 11) is 0. The second-order valence-electron chi connectivity index (χ2n) is 6.34. The molecule has 3 nitrogen and oxygen atoms in total. The molecule has 0 aromatic heterocycles. The predicted molar refractivity (Wildman–Crippen MR) is 90.1 cm³/mol. The average Bonchev–Trinajstić information content (AvgIpc) is 2.92. The Labute approximate surface area is 134 Å². The van der Waals surface area contributed by atoms with Gasteiger partial charge in [-0.2, -0.15) is 0 Å². The van der Waals surface area contributed by atoms with Crippen molar-refractivity contribution in [3.63, 3.8) is 0 Å². The Hall–Kier alpha value is -1.06. The molecular weight excluding hydrogens is 284 g/mol. The highest BCUT2D eigenvalue weighted by Crippen LogP contribution is 2.26. The molecule has 21 heavy (non-hydrogen) atoms. The summed E-state index contributed by atoms with van der Waals surface area (Å²) in [6, 6.07) is 8.13. The predicted octanol–water partition coefficient (Wildman–Crippen LogP) is 2.81. The van der Waals surface area contributed by atoms with Crippen LogP contribution in [0, 0.1) is 12.8 Å². The Kier molecular flexibility index (Phi) is 6.69. The Bertz CT molecular complexity index is 468. The summed E-state index contributed by atoms with van der Waals surface area (Å²) >= 11 is 0. The first kappa shape index (κ1) is 18.0. The van der Waals surface area contributed by atoms with E-state index in [1.54, 1.807) is 0 Å². The van der Waals surface area contributed by atoms with Gasteiger partial charge in [0.1, 0.15) is 0 Å². The zero-order valence-corrected chi connectivity index (χ0v) is 14.1. The zero-order valence-electron chi connectivity index (χ0n) is 13.2. The lowest BCUT2D eigenvalue weighted by atomic mass is 9.81. The van der Waals surface area contributed by atoms with Gasteiger partial charge < -0.3 is 10.6 Å². The van der Waals surface area contributed by atoms with Crippen molar-refractivity contribution < 1.29 is 4.79 Å². The smallest absolute Gasteiger partial charge is 0.230 e. The van der Waals surface area contributed by atoms with Crippen molar-refractivity contribution >= 4 is 18.3 Å². The first-order valence-corrected chi connectivity index (χ1v) is 7.57. The van der Waals surface area contributed by atoms with Crippen molar-refractivity contribution in [1.29, 1.82) is 0 Å². The largest absolute Gasteiger partial charge is 0.355 e. The number of amides is 1. The van der Waals surface area contributed by atoms with E-state index >= 15 is 0 Å². The number of hydrogen-bond acceptors (Lipinski definition) is 2. The summed E-state index contributed by atoms with van der Waals surface area (Å²) in [6.07, 6.45) is 2.31. The minimum atomic E-state index is -0.473. The normalized spacial score (nSPS) is 18.1. The van der Waals surface area contributed by atoms with Crippen molar-refractivity contribution in [2.45, 2.75) is 39.0 Å². The first-order valence-electron chi connectivity index (χ1n) is 7.57. The highest BCUT2D eigenvalue weighted by Gasteiger charge is 2.30. The lowest BCUT2D eigenvalue weighted by Crippen LogP contribution is -2.41. The first-order chi connectivity index (χ1) is 9.51. The molecule has 1 unspecified atom stereocenters. The molecule has 1 atom stereocenters. The molecule has 0 aliphatic carbocycles. The maximum Gasteiger partial charge on any atom is 0.230 e. The van der Waals surface area contributed by atoms with Crippen LogP contribution in [0.15, 0.2) is 24.3 Å². The third-order valence-corrected chi connectivity index (χ3v) is 4.39. The maximum absolute atomic E-state index is 12.5. The molecular formula is C17H27ClN2O. The van der Waals surface area contributed by atoms with E-state index < -0.39 is 5.41 Å². The average molecular weight is 311 g/mol. The monoisotopic (exact) mass is 310 g/mol. The highest BCUT2D eigenvalue weighted by atomic mass is 35.5. The molecule has 1 aliphatic heterocycles. The number of aryl methyl sites for hydroxylation is 1. The summed E-state index contributed by atoms with van der Waals surface area (Å²) in [4.78, 5) is 12.5. The Morgan fingerprint density at radius 2 is 2.10 bits per heavy atom. The second-order valence-corrected chi connectivity index (χ2v) is 6.34. The van der Waals surface area contributed by atoms with Crippen LogP contribution < -0.4 is 10.6 Å². The van der Waals surface area contributed by atoms with Crippen molar-refractivity contribution in [2.24, 2.45) is 5.92 Å². The van der Waals surface area contributed by atoms with Gasteiger partial charge in [-0.05, 0) is 63.7 Å². The zero-order chi connectivity index (χ0) is 14.6. The Morgan fingerprint density at radius 3 is 2.71 bits per heavy atom. The number of carbonyl (C=O) groups is 1. The summed E-state index contributed by atoms with van der Waals surface area (Å²) in [6.45, 7) is 9.06. The molecule has 1 amide bonds. The summed E-state index contributed by atoms with van der Waals surface area (Å²) in [5.74, 6) is 0.842. The molecule has 4 heteroatoms. The molecule has 2 rings (SSSR count). The molecule has 0 radical (unpaired) electrons. The van der Waals surface area contributed by atoms with E-state index in [2.05, 4.69) is 29.7 Å². The van der Waals surface area contributed by atoms with Crippen LogP contribution in [-0.4, -0.2) is 25.5 Å². The molecule has 118 valence electrons. The van der Waals surface area contributed by atoms with Crippen LogP contribution in [0.5, 0.6) is 0 Å². The van der Waals surface area contributed by atoms with Crippen LogP contribution in [0.3, 0.4) is 0 Å². The van der Waals surface area contributed by atoms with Gasteiger partial charge in [0.25, 0.3) is 0 Å². The van der Waals surface area contributed by atoms with E-state index in [4.69, 9.17) is 0 Å². The molecule has 1 fully saturated rings. The van der Waals surface area contributed by atoms with Gasteiger partial charge in [-0.25, -0.2) is 0 Å². The van der Waals surface area contributed by atoms with Crippen LogP contribution >= 0.6 is 12.4 Å². The standard InChI is InChI=1S/C17H26N2O.ClH/c1-13-6-4-5-7-15(13)17(2,3)16(20)19-11-9-14-8-10-18-12-14;/h4-7,14,18H,8-12H2,1-3H3,(H,19,20);1H. The number of halogens is 1. The Morgan fingerprint density at radius 1 is 1.38 bits per heavy atom. The quantitative estimate of drug-likeness (QED) is 0.878. The maximum atomic E-state index is 12.5.